The molecule has 98 valence electrons. The Labute approximate surface area is 108 Å². The second kappa shape index (κ2) is 6.21. The Morgan fingerprint density at radius 2 is 2.22 bits per heavy atom. The third-order valence-corrected chi connectivity index (χ3v) is 2.72. The largest absolute Gasteiger partial charge is 0.377 e. The minimum absolute atomic E-state index is 0.191. The average Bonchev–Trinajstić information content (AvgIpc) is 2.31. The standard InChI is InChI=1S/C14H21N3O/c1-5-6-12(15)14(18)16-11-8-7-10(2)13(9-11)17(3)4/h5,7-9,12H,1,6,15H2,2-4H3,(H,16,18). The normalized spacial score (nSPS) is 11.8. The fourth-order valence-electron chi connectivity index (χ4n) is 1.69. The van der Waals surface area contributed by atoms with E-state index in [9.17, 15) is 4.79 Å². The topological polar surface area (TPSA) is 58.4 Å². The molecule has 0 radical (unpaired) electrons. The lowest BCUT2D eigenvalue weighted by atomic mass is 10.1. The van der Waals surface area contributed by atoms with Gasteiger partial charge >= 0.3 is 0 Å². The number of benzene rings is 1. The van der Waals surface area contributed by atoms with Gasteiger partial charge in [0.2, 0.25) is 5.91 Å². The number of hydrogen-bond acceptors (Lipinski definition) is 3. The van der Waals surface area contributed by atoms with E-state index in [2.05, 4.69) is 11.9 Å². The van der Waals surface area contributed by atoms with Gasteiger partial charge in [-0.05, 0) is 31.0 Å². The van der Waals surface area contributed by atoms with E-state index < -0.39 is 6.04 Å². The van der Waals surface area contributed by atoms with Gasteiger partial charge in [0.05, 0.1) is 6.04 Å². The number of aryl methyl sites for hydroxylation is 1. The molecule has 0 heterocycles. The summed E-state index contributed by atoms with van der Waals surface area (Å²) in [6, 6.07) is 5.24. The van der Waals surface area contributed by atoms with Gasteiger partial charge in [-0.15, -0.1) is 6.58 Å². The highest BCUT2D eigenvalue weighted by Gasteiger charge is 2.12. The van der Waals surface area contributed by atoms with Crippen molar-refractivity contribution in [1.82, 2.24) is 0 Å². The Kier molecular flexibility index (Phi) is 4.92. The molecule has 0 aliphatic carbocycles. The predicted octanol–water partition coefficient (Wildman–Crippen LogP) is 1.90. The van der Waals surface area contributed by atoms with Crippen LogP contribution in [-0.4, -0.2) is 26.0 Å². The third kappa shape index (κ3) is 3.60. The number of carbonyl (C=O) groups is 1. The SMILES string of the molecule is C=CCC(N)C(=O)Nc1ccc(C)c(N(C)C)c1. The van der Waals surface area contributed by atoms with Gasteiger partial charge in [-0.2, -0.15) is 0 Å². The van der Waals surface area contributed by atoms with Crippen molar-refractivity contribution in [2.45, 2.75) is 19.4 Å². The first-order valence-electron chi connectivity index (χ1n) is 5.91. The van der Waals surface area contributed by atoms with E-state index in [0.29, 0.717) is 6.42 Å². The van der Waals surface area contributed by atoms with Gasteiger partial charge in [0.1, 0.15) is 0 Å². The minimum Gasteiger partial charge on any atom is -0.377 e. The van der Waals surface area contributed by atoms with Crippen LogP contribution in [0.25, 0.3) is 0 Å². The van der Waals surface area contributed by atoms with Crippen LogP contribution in [0.3, 0.4) is 0 Å². The van der Waals surface area contributed by atoms with Crippen LogP contribution >= 0.6 is 0 Å². The van der Waals surface area contributed by atoms with E-state index in [4.69, 9.17) is 5.73 Å². The van der Waals surface area contributed by atoms with Gasteiger partial charge in [0, 0.05) is 25.5 Å². The minimum atomic E-state index is -0.549. The van der Waals surface area contributed by atoms with Crippen LogP contribution in [0.15, 0.2) is 30.9 Å². The molecule has 0 aliphatic heterocycles. The Bertz CT molecular complexity index is 441. The molecule has 0 saturated carbocycles. The van der Waals surface area contributed by atoms with Gasteiger partial charge in [0.25, 0.3) is 0 Å². The van der Waals surface area contributed by atoms with Crippen molar-refractivity contribution in [1.29, 1.82) is 0 Å². The van der Waals surface area contributed by atoms with Crippen LogP contribution in [0.2, 0.25) is 0 Å². The summed E-state index contributed by atoms with van der Waals surface area (Å²) in [5.74, 6) is -0.191. The summed E-state index contributed by atoms with van der Waals surface area (Å²) in [6.07, 6.45) is 2.11. The Hall–Kier alpha value is -1.81. The van der Waals surface area contributed by atoms with Crippen LogP contribution in [0, 0.1) is 6.92 Å². The van der Waals surface area contributed by atoms with Gasteiger partial charge in [-0.25, -0.2) is 0 Å². The van der Waals surface area contributed by atoms with Crippen LogP contribution in [-0.2, 0) is 4.79 Å². The summed E-state index contributed by atoms with van der Waals surface area (Å²) in [5.41, 5.74) is 8.70. The molecular formula is C14H21N3O. The third-order valence-electron chi connectivity index (χ3n) is 2.72. The first-order valence-corrected chi connectivity index (χ1v) is 5.91. The highest BCUT2D eigenvalue weighted by atomic mass is 16.2. The van der Waals surface area contributed by atoms with Crippen molar-refractivity contribution in [3.8, 4) is 0 Å². The molecule has 1 aromatic carbocycles. The number of anilines is 2. The zero-order chi connectivity index (χ0) is 13.7. The molecule has 0 spiro atoms. The molecule has 4 heteroatoms. The van der Waals surface area contributed by atoms with Gasteiger partial charge in [0.15, 0.2) is 0 Å². The van der Waals surface area contributed by atoms with E-state index in [1.54, 1.807) is 6.08 Å². The highest BCUT2D eigenvalue weighted by Crippen LogP contribution is 2.22. The molecule has 0 bridgehead atoms. The molecule has 1 atom stereocenters. The maximum atomic E-state index is 11.8. The van der Waals surface area contributed by atoms with Gasteiger partial charge in [-0.3, -0.25) is 4.79 Å². The van der Waals surface area contributed by atoms with Crippen LogP contribution < -0.4 is 16.0 Å². The van der Waals surface area contributed by atoms with Crippen molar-refractivity contribution in [2.24, 2.45) is 5.73 Å². The summed E-state index contributed by atoms with van der Waals surface area (Å²) < 4.78 is 0. The van der Waals surface area contributed by atoms with Crippen molar-refractivity contribution in [3.63, 3.8) is 0 Å². The van der Waals surface area contributed by atoms with Crippen LogP contribution in [0.1, 0.15) is 12.0 Å². The zero-order valence-electron chi connectivity index (χ0n) is 11.2. The molecule has 1 aromatic rings. The van der Waals surface area contributed by atoms with E-state index >= 15 is 0 Å². The lowest BCUT2D eigenvalue weighted by Gasteiger charge is -2.18. The molecule has 1 amide bonds. The molecule has 1 unspecified atom stereocenters. The molecule has 0 aromatic heterocycles. The monoisotopic (exact) mass is 247 g/mol. The fraction of sp³-hybridized carbons (Fsp3) is 0.357. The summed E-state index contributed by atoms with van der Waals surface area (Å²) in [4.78, 5) is 13.8. The first-order chi connectivity index (χ1) is 8.45. The quantitative estimate of drug-likeness (QED) is 0.781. The molecule has 0 saturated heterocycles. The maximum absolute atomic E-state index is 11.8. The second-order valence-electron chi connectivity index (χ2n) is 4.52. The predicted molar refractivity (Wildman–Crippen MR) is 76.9 cm³/mol. The van der Waals surface area contributed by atoms with Crippen molar-refractivity contribution in [3.05, 3.63) is 36.4 Å². The van der Waals surface area contributed by atoms with Crippen LogP contribution in [0.5, 0.6) is 0 Å². The molecule has 1 rings (SSSR count). The lowest BCUT2D eigenvalue weighted by molar-refractivity contribution is -0.117. The average molecular weight is 247 g/mol. The zero-order valence-corrected chi connectivity index (χ0v) is 11.2. The first kappa shape index (κ1) is 14.3. The smallest absolute Gasteiger partial charge is 0.241 e. The van der Waals surface area contributed by atoms with Crippen molar-refractivity contribution >= 4 is 17.3 Å². The Morgan fingerprint density at radius 1 is 1.56 bits per heavy atom. The van der Waals surface area contributed by atoms with E-state index in [0.717, 1.165) is 16.9 Å². The molecular weight excluding hydrogens is 226 g/mol. The molecule has 4 nitrogen and oxygen atoms in total. The molecule has 18 heavy (non-hydrogen) atoms. The highest BCUT2D eigenvalue weighted by molar-refractivity contribution is 5.95. The number of carbonyl (C=O) groups excluding carboxylic acids is 1. The number of rotatable bonds is 5. The van der Waals surface area contributed by atoms with Crippen molar-refractivity contribution in [2.75, 3.05) is 24.3 Å². The summed E-state index contributed by atoms with van der Waals surface area (Å²) in [7, 11) is 3.94. The molecule has 0 aliphatic rings. The fourth-order valence-corrected chi connectivity index (χ4v) is 1.69. The molecule has 3 N–H and O–H groups in total. The number of nitrogens with two attached hydrogens (primary N) is 1. The van der Waals surface area contributed by atoms with Crippen molar-refractivity contribution < 1.29 is 4.79 Å². The van der Waals surface area contributed by atoms with Crippen LogP contribution in [0.4, 0.5) is 11.4 Å². The van der Waals surface area contributed by atoms with Gasteiger partial charge < -0.3 is 16.0 Å². The van der Waals surface area contributed by atoms with E-state index in [-0.39, 0.29) is 5.91 Å². The van der Waals surface area contributed by atoms with Gasteiger partial charge in [-0.1, -0.05) is 12.1 Å². The number of amides is 1. The summed E-state index contributed by atoms with van der Waals surface area (Å²) in [6.45, 7) is 5.60. The maximum Gasteiger partial charge on any atom is 0.241 e. The second-order valence-corrected chi connectivity index (χ2v) is 4.52. The van der Waals surface area contributed by atoms with E-state index in [1.807, 2.05) is 44.1 Å². The Balaban J connectivity index is 2.82. The summed E-state index contributed by atoms with van der Waals surface area (Å²) in [5, 5.41) is 2.81. The Morgan fingerprint density at radius 3 is 2.78 bits per heavy atom. The number of nitrogens with zero attached hydrogens (tertiary/aromatic N) is 1. The summed E-state index contributed by atoms with van der Waals surface area (Å²) >= 11 is 0. The molecule has 0 fully saturated rings. The number of nitrogens with one attached hydrogen (secondary N) is 1. The lowest BCUT2D eigenvalue weighted by Crippen LogP contribution is -2.35. The number of hydrogen-bond donors (Lipinski definition) is 2. The van der Waals surface area contributed by atoms with E-state index in [1.165, 1.54) is 0 Å².